The van der Waals surface area contributed by atoms with Crippen LogP contribution in [0.15, 0.2) is 42.5 Å². The number of halogens is 1. The van der Waals surface area contributed by atoms with E-state index in [4.69, 9.17) is 22.6 Å². The summed E-state index contributed by atoms with van der Waals surface area (Å²) in [5, 5.41) is 9.59. The molecule has 20 heavy (non-hydrogen) atoms. The maximum atomic E-state index is 8.90. The highest BCUT2D eigenvalue weighted by atomic mass is 35.5. The SMILES string of the molecule is CN(Cc1cccc(C#N)c1)Cc1cc(Cl)ccc1N. The molecule has 0 saturated carbocycles. The maximum absolute atomic E-state index is 8.90. The molecule has 3 nitrogen and oxygen atoms in total. The van der Waals surface area contributed by atoms with E-state index >= 15 is 0 Å². The first-order valence-corrected chi connectivity index (χ1v) is 6.68. The number of nitrogens with two attached hydrogens (primary N) is 1. The van der Waals surface area contributed by atoms with Gasteiger partial charge in [0.2, 0.25) is 0 Å². The first kappa shape index (κ1) is 14.4. The van der Waals surface area contributed by atoms with Crippen molar-refractivity contribution in [2.24, 2.45) is 0 Å². The van der Waals surface area contributed by atoms with Crippen molar-refractivity contribution in [1.29, 1.82) is 5.26 Å². The summed E-state index contributed by atoms with van der Waals surface area (Å²) in [7, 11) is 2.01. The number of hydrogen-bond donors (Lipinski definition) is 1. The minimum atomic E-state index is 0.679. The minimum absolute atomic E-state index is 0.679. The zero-order valence-electron chi connectivity index (χ0n) is 11.3. The van der Waals surface area contributed by atoms with Gasteiger partial charge in [0.05, 0.1) is 11.6 Å². The van der Waals surface area contributed by atoms with Gasteiger partial charge in [-0.2, -0.15) is 5.26 Å². The molecule has 4 heteroatoms. The van der Waals surface area contributed by atoms with Gasteiger partial charge in [-0.25, -0.2) is 0 Å². The fourth-order valence-corrected chi connectivity index (χ4v) is 2.30. The van der Waals surface area contributed by atoms with Crippen molar-refractivity contribution in [1.82, 2.24) is 4.90 Å². The van der Waals surface area contributed by atoms with E-state index in [0.717, 1.165) is 23.4 Å². The second-order valence-corrected chi connectivity index (χ2v) is 5.26. The van der Waals surface area contributed by atoms with Crippen molar-refractivity contribution in [3.63, 3.8) is 0 Å². The summed E-state index contributed by atoms with van der Waals surface area (Å²) in [5.41, 5.74) is 9.48. The lowest BCUT2D eigenvalue weighted by molar-refractivity contribution is 0.319. The molecular formula is C16H16ClN3. The fraction of sp³-hybridized carbons (Fsp3) is 0.188. The van der Waals surface area contributed by atoms with E-state index in [1.54, 1.807) is 12.1 Å². The third-order valence-electron chi connectivity index (χ3n) is 3.05. The number of nitrogens with zero attached hydrogens (tertiary/aromatic N) is 2. The van der Waals surface area contributed by atoms with Crippen LogP contribution in [0.5, 0.6) is 0 Å². The van der Waals surface area contributed by atoms with E-state index in [1.165, 1.54) is 0 Å². The Hall–Kier alpha value is -2.02. The summed E-state index contributed by atoms with van der Waals surface area (Å²) < 4.78 is 0. The highest BCUT2D eigenvalue weighted by Gasteiger charge is 2.06. The van der Waals surface area contributed by atoms with Gasteiger partial charge in [-0.15, -0.1) is 0 Å². The van der Waals surface area contributed by atoms with Gasteiger partial charge in [0.25, 0.3) is 0 Å². The smallest absolute Gasteiger partial charge is 0.0991 e. The van der Waals surface area contributed by atoms with Crippen molar-refractivity contribution >= 4 is 17.3 Å². The van der Waals surface area contributed by atoms with Crippen LogP contribution in [-0.2, 0) is 13.1 Å². The summed E-state index contributed by atoms with van der Waals surface area (Å²) in [4.78, 5) is 2.14. The van der Waals surface area contributed by atoms with Gasteiger partial charge in [-0.05, 0) is 48.5 Å². The molecule has 0 radical (unpaired) electrons. The summed E-state index contributed by atoms with van der Waals surface area (Å²) in [6.07, 6.45) is 0. The van der Waals surface area contributed by atoms with Crippen LogP contribution in [0.1, 0.15) is 16.7 Å². The summed E-state index contributed by atoms with van der Waals surface area (Å²) in [5.74, 6) is 0. The van der Waals surface area contributed by atoms with E-state index in [2.05, 4.69) is 11.0 Å². The van der Waals surface area contributed by atoms with E-state index < -0.39 is 0 Å². The van der Waals surface area contributed by atoms with Crippen LogP contribution >= 0.6 is 11.6 Å². The predicted molar refractivity (Wildman–Crippen MR) is 82.2 cm³/mol. The topological polar surface area (TPSA) is 53.0 Å². The van der Waals surface area contributed by atoms with E-state index in [9.17, 15) is 0 Å². The van der Waals surface area contributed by atoms with E-state index in [-0.39, 0.29) is 0 Å². The van der Waals surface area contributed by atoms with Crippen molar-refractivity contribution in [2.45, 2.75) is 13.1 Å². The average molecular weight is 286 g/mol. The zero-order valence-corrected chi connectivity index (χ0v) is 12.1. The highest BCUT2D eigenvalue weighted by molar-refractivity contribution is 6.30. The number of benzene rings is 2. The van der Waals surface area contributed by atoms with Crippen LogP contribution in [0.4, 0.5) is 5.69 Å². The van der Waals surface area contributed by atoms with Gasteiger partial charge >= 0.3 is 0 Å². The van der Waals surface area contributed by atoms with Gasteiger partial charge in [0.15, 0.2) is 0 Å². The Morgan fingerprint density at radius 1 is 1.20 bits per heavy atom. The number of hydrogen-bond acceptors (Lipinski definition) is 3. The first-order valence-electron chi connectivity index (χ1n) is 6.30. The number of nitrogen functional groups attached to an aromatic ring is 1. The lowest BCUT2D eigenvalue weighted by Gasteiger charge is -2.18. The molecule has 0 heterocycles. The molecule has 0 aromatic heterocycles. The molecule has 0 bridgehead atoms. The van der Waals surface area contributed by atoms with Gasteiger partial charge in [0.1, 0.15) is 0 Å². The van der Waals surface area contributed by atoms with Gasteiger partial charge in [-0.1, -0.05) is 23.7 Å². The Labute approximate surface area is 124 Å². The molecule has 0 aliphatic rings. The van der Waals surface area contributed by atoms with Crippen molar-refractivity contribution < 1.29 is 0 Å². The highest BCUT2D eigenvalue weighted by Crippen LogP contribution is 2.20. The summed E-state index contributed by atoms with van der Waals surface area (Å²) >= 11 is 5.99. The van der Waals surface area contributed by atoms with Crippen LogP contribution in [0.2, 0.25) is 5.02 Å². The molecule has 0 aliphatic carbocycles. The number of anilines is 1. The fourth-order valence-electron chi connectivity index (χ4n) is 2.11. The number of nitriles is 1. The zero-order chi connectivity index (χ0) is 14.5. The Morgan fingerprint density at radius 3 is 2.75 bits per heavy atom. The van der Waals surface area contributed by atoms with Crippen LogP contribution < -0.4 is 5.73 Å². The standard InChI is InChI=1S/C16H16ClN3/c1-20(10-13-4-2-3-12(7-13)9-18)11-14-8-15(17)5-6-16(14)19/h2-8H,10-11,19H2,1H3. The van der Waals surface area contributed by atoms with Crippen LogP contribution in [0, 0.1) is 11.3 Å². The molecule has 102 valence electrons. The molecule has 2 aromatic carbocycles. The molecule has 2 aromatic rings. The second kappa shape index (κ2) is 6.42. The van der Waals surface area contributed by atoms with Gasteiger partial charge in [-0.3, -0.25) is 4.90 Å². The third-order valence-corrected chi connectivity index (χ3v) is 3.29. The monoisotopic (exact) mass is 285 g/mol. The van der Waals surface area contributed by atoms with E-state index in [0.29, 0.717) is 17.1 Å². The molecule has 0 saturated heterocycles. The molecule has 0 aliphatic heterocycles. The van der Waals surface area contributed by atoms with Crippen LogP contribution in [0.3, 0.4) is 0 Å². The quantitative estimate of drug-likeness (QED) is 0.876. The summed E-state index contributed by atoms with van der Waals surface area (Å²) in [6, 6.07) is 15.3. The van der Waals surface area contributed by atoms with Gasteiger partial charge < -0.3 is 5.73 Å². The molecule has 0 fully saturated rings. The van der Waals surface area contributed by atoms with Gasteiger partial charge in [0, 0.05) is 23.8 Å². The molecule has 2 N–H and O–H groups in total. The average Bonchev–Trinajstić information content (AvgIpc) is 2.43. The third kappa shape index (κ3) is 3.74. The Balaban J connectivity index is 2.07. The van der Waals surface area contributed by atoms with E-state index in [1.807, 2.05) is 37.4 Å². The van der Waals surface area contributed by atoms with Crippen molar-refractivity contribution in [2.75, 3.05) is 12.8 Å². The first-order chi connectivity index (χ1) is 9.58. The molecule has 0 atom stereocenters. The second-order valence-electron chi connectivity index (χ2n) is 4.83. The molecule has 0 unspecified atom stereocenters. The summed E-state index contributed by atoms with van der Waals surface area (Å²) in [6.45, 7) is 1.46. The largest absolute Gasteiger partial charge is 0.398 e. The molecule has 2 rings (SSSR count). The van der Waals surface area contributed by atoms with Crippen molar-refractivity contribution in [3.05, 3.63) is 64.2 Å². The molecular weight excluding hydrogens is 270 g/mol. The van der Waals surface area contributed by atoms with Crippen molar-refractivity contribution in [3.8, 4) is 6.07 Å². The van der Waals surface area contributed by atoms with Crippen LogP contribution in [0.25, 0.3) is 0 Å². The minimum Gasteiger partial charge on any atom is -0.398 e. The molecule has 0 amide bonds. The van der Waals surface area contributed by atoms with Crippen LogP contribution in [-0.4, -0.2) is 11.9 Å². The Kier molecular flexibility index (Phi) is 4.62. The normalized spacial score (nSPS) is 10.5. The Bertz CT molecular complexity index is 646. The molecule has 0 spiro atoms. The maximum Gasteiger partial charge on any atom is 0.0991 e. The lowest BCUT2D eigenvalue weighted by Crippen LogP contribution is -2.18. The Morgan fingerprint density at radius 2 is 2.00 bits per heavy atom. The number of rotatable bonds is 4. The lowest BCUT2D eigenvalue weighted by atomic mass is 10.1. The predicted octanol–water partition coefficient (Wildman–Crippen LogP) is 3.43.